The van der Waals surface area contributed by atoms with Crippen LogP contribution in [-0.2, 0) is 9.47 Å². The normalized spacial score (nSPS) is 31.0. The number of ether oxygens (including phenoxy) is 2. The van der Waals surface area contributed by atoms with Gasteiger partial charge in [-0.3, -0.25) is 0 Å². The Bertz CT molecular complexity index is 217. The van der Waals surface area contributed by atoms with E-state index in [9.17, 15) is 0 Å². The van der Waals surface area contributed by atoms with E-state index in [0.29, 0.717) is 6.61 Å². The Morgan fingerprint density at radius 2 is 2.45 bits per heavy atom. The van der Waals surface area contributed by atoms with Crippen LogP contribution in [0, 0.1) is 0 Å². The fraction of sp³-hybridized carbons (Fsp3) is 0.500. The molecule has 0 unspecified atom stereocenters. The minimum atomic E-state index is -0.292. The van der Waals surface area contributed by atoms with Crippen molar-refractivity contribution >= 4 is 0 Å². The maximum absolute atomic E-state index is 5.39. The van der Waals surface area contributed by atoms with Crippen LogP contribution >= 0.6 is 0 Å². The van der Waals surface area contributed by atoms with Crippen LogP contribution in [0.15, 0.2) is 22.8 Å². The van der Waals surface area contributed by atoms with Gasteiger partial charge in [-0.2, -0.15) is 0 Å². The Morgan fingerprint density at radius 1 is 1.55 bits per heavy atom. The second-order valence-corrected chi connectivity index (χ2v) is 2.63. The molecule has 0 saturated carbocycles. The molecule has 3 nitrogen and oxygen atoms in total. The fourth-order valence-electron chi connectivity index (χ4n) is 1.09. The summed E-state index contributed by atoms with van der Waals surface area (Å²) in [6.07, 6.45) is 1.50. The Labute approximate surface area is 64.9 Å². The van der Waals surface area contributed by atoms with Gasteiger partial charge in [0, 0.05) is 0 Å². The lowest BCUT2D eigenvalue weighted by Crippen LogP contribution is -2.01. The van der Waals surface area contributed by atoms with E-state index in [2.05, 4.69) is 0 Å². The number of rotatable bonds is 1. The van der Waals surface area contributed by atoms with Gasteiger partial charge in [-0.1, -0.05) is 0 Å². The van der Waals surface area contributed by atoms with Crippen molar-refractivity contribution in [1.29, 1.82) is 0 Å². The van der Waals surface area contributed by atoms with Crippen molar-refractivity contribution < 1.29 is 13.9 Å². The molecule has 0 bridgehead atoms. The average Bonchev–Trinajstić information content (AvgIpc) is 2.55. The molecule has 2 atom stereocenters. The SMILES string of the molecule is C[C@H]1CO[C@@H](c2ccco2)O1. The van der Waals surface area contributed by atoms with Gasteiger partial charge in [-0.15, -0.1) is 0 Å². The third-order valence-corrected chi connectivity index (χ3v) is 1.61. The summed E-state index contributed by atoms with van der Waals surface area (Å²) in [4.78, 5) is 0. The number of hydrogen-bond donors (Lipinski definition) is 0. The molecule has 1 aliphatic heterocycles. The summed E-state index contributed by atoms with van der Waals surface area (Å²) < 4.78 is 15.8. The lowest BCUT2D eigenvalue weighted by molar-refractivity contribution is -0.0711. The second kappa shape index (κ2) is 2.68. The lowest BCUT2D eigenvalue weighted by Gasteiger charge is -2.04. The molecule has 1 aromatic rings. The third-order valence-electron chi connectivity index (χ3n) is 1.61. The van der Waals surface area contributed by atoms with Gasteiger partial charge in [-0.05, 0) is 19.1 Å². The van der Waals surface area contributed by atoms with Crippen LogP contribution in [0.3, 0.4) is 0 Å². The Balaban J connectivity index is 2.08. The summed E-state index contributed by atoms with van der Waals surface area (Å²) in [6.45, 7) is 2.62. The van der Waals surface area contributed by atoms with Gasteiger partial charge in [0.15, 0.2) is 5.76 Å². The molecule has 0 N–H and O–H groups in total. The number of furan rings is 1. The first-order chi connectivity index (χ1) is 5.36. The minimum absolute atomic E-state index is 0.171. The van der Waals surface area contributed by atoms with Crippen molar-refractivity contribution in [2.45, 2.75) is 19.3 Å². The molecule has 60 valence electrons. The zero-order valence-electron chi connectivity index (χ0n) is 6.32. The monoisotopic (exact) mass is 154 g/mol. The highest BCUT2D eigenvalue weighted by Crippen LogP contribution is 2.26. The van der Waals surface area contributed by atoms with Crippen LogP contribution in [0.25, 0.3) is 0 Å². The van der Waals surface area contributed by atoms with Crippen molar-refractivity contribution in [2.75, 3.05) is 6.61 Å². The van der Waals surface area contributed by atoms with Crippen molar-refractivity contribution in [1.82, 2.24) is 0 Å². The van der Waals surface area contributed by atoms with Crippen LogP contribution < -0.4 is 0 Å². The van der Waals surface area contributed by atoms with Gasteiger partial charge in [-0.25, -0.2) is 0 Å². The molecule has 0 amide bonds. The third kappa shape index (κ3) is 1.29. The molecule has 1 fully saturated rings. The molecule has 0 spiro atoms. The molecule has 11 heavy (non-hydrogen) atoms. The largest absolute Gasteiger partial charge is 0.464 e. The highest BCUT2D eigenvalue weighted by molar-refractivity contribution is 5.00. The molecule has 0 aromatic carbocycles. The van der Waals surface area contributed by atoms with E-state index in [1.165, 1.54) is 0 Å². The average molecular weight is 154 g/mol. The van der Waals surface area contributed by atoms with E-state index >= 15 is 0 Å². The first-order valence-corrected chi connectivity index (χ1v) is 3.67. The molecule has 2 heterocycles. The summed E-state index contributed by atoms with van der Waals surface area (Å²) in [5.41, 5.74) is 0. The van der Waals surface area contributed by atoms with Gasteiger partial charge in [0.25, 0.3) is 0 Å². The van der Waals surface area contributed by atoms with Gasteiger partial charge in [0.05, 0.1) is 19.0 Å². The summed E-state index contributed by atoms with van der Waals surface area (Å²) in [7, 11) is 0. The van der Waals surface area contributed by atoms with E-state index in [1.807, 2.05) is 19.1 Å². The van der Waals surface area contributed by atoms with E-state index in [4.69, 9.17) is 13.9 Å². The van der Waals surface area contributed by atoms with Crippen molar-refractivity contribution in [3.05, 3.63) is 24.2 Å². The van der Waals surface area contributed by atoms with Crippen LogP contribution in [-0.4, -0.2) is 12.7 Å². The topological polar surface area (TPSA) is 31.6 Å². The van der Waals surface area contributed by atoms with Crippen LogP contribution in [0.2, 0.25) is 0 Å². The maximum Gasteiger partial charge on any atom is 0.217 e. The fourth-order valence-corrected chi connectivity index (χ4v) is 1.09. The predicted octanol–water partition coefficient (Wildman–Crippen LogP) is 1.71. The standard InChI is InChI=1S/C8H10O3/c1-6-5-10-8(11-6)7-3-2-4-9-7/h2-4,6,8H,5H2,1H3/t6-,8+/m0/s1. The van der Waals surface area contributed by atoms with Crippen LogP contribution in [0.1, 0.15) is 19.0 Å². The summed E-state index contributed by atoms with van der Waals surface area (Å²) in [5, 5.41) is 0. The second-order valence-electron chi connectivity index (χ2n) is 2.63. The Morgan fingerprint density at radius 3 is 3.00 bits per heavy atom. The van der Waals surface area contributed by atoms with Crippen molar-refractivity contribution in [2.24, 2.45) is 0 Å². The highest BCUT2D eigenvalue weighted by atomic mass is 16.7. The summed E-state index contributed by atoms with van der Waals surface area (Å²) in [5.74, 6) is 0.745. The molecule has 1 aromatic heterocycles. The quantitative estimate of drug-likeness (QED) is 0.617. The van der Waals surface area contributed by atoms with E-state index in [1.54, 1.807) is 6.26 Å². The molecule has 2 rings (SSSR count). The Hall–Kier alpha value is -0.800. The zero-order chi connectivity index (χ0) is 7.68. The van der Waals surface area contributed by atoms with Gasteiger partial charge >= 0.3 is 0 Å². The first kappa shape index (κ1) is 6.88. The van der Waals surface area contributed by atoms with E-state index in [0.717, 1.165) is 5.76 Å². The minimum Gasteiger partial charge on any atom is -0.464 e. The Kier molecular flexibility index (Phi) is 1.68. The highest BCUT2D eigenvalue weighted by Gasteiger charge is 2.25. The molecule has 0 aliphatic carbocycles. The zero-order valence-corrected chi connectivity index (χ0v) is 6.32. The maximum atomic E-state index is 5.39. The van der Waals surface area contributed by atoms with Gasteiger partial charge < -0.3 is 13.9 Å². The molecule has 0 radical (unpaired) electrons. The van der Waals surface area contributed by atoms with E-state index < -0.39 is 0 Å². The van der Waals surface area contributed by atoms with E-state index in [-0.39, 0.29) is 12.4 Å². The molecule has 1 saturated heterocycles. The molecule has 3 heteroatoms. The molecular formula is C8H10O3. The van der Waals surface area contributed by atoms with Crippen LogP contribution in [0.4, 0.5) is 0 Å². The summed E-state index contributed by atoms with van der Waals surface area (Å²) in [6, 6.07) is 3.67. The summed E-state index contributed by atoms with van der Waals surface area (Å²) >= 11 is 0. The molecular weight excluding hydrogens is 144 g/mol. The predicted molar refractivity (Wildman–Crippen MR) is 37.9 cm³/mol. The first-order valence-electron chi connectivity index (χ1n) is 3.67. The lowest BCUT2D eigenvalue weighted by atomic mass is 10.4. The van der Waals surface area contributed by atoms with Gasteiger partial charge in [0.1, 0.15) is 0 Å². The number of hydrogen-bond acceptors (Lipinski definition) is 3. The van der Waals surface area contributed by atoms with Crippen molar-refractivity contribution in [3.63, 3.8) is 0 Å². The smallest absolute Gasteiger partial charge is 0.217 e. The molecule has 1 aliphatic rings. The van der Waals surface area contributed by atoms with Crippen LogP contribution in [0.5, 0.6) is 0 Å². The van der Waals surface area contributed by atoms with Crippen molar-refractivity contribution in [3.8, 4) is 0 Å². The van der Waals surface area contributed by atoms with Gasteiger partial charge in [0.2, 0.25) is 6.29 Å².